The fourth-order valence-corrected chi connectivity index (χ4v) is 1.58. The van der Waals surface area contributed by atoms with Gasteiger partial charge in [0, 0.05) is 10.2 Å². The van der Waals surface area contributed by atoms with Crippen LogP contribution in [0.15, 0.2) is 22.7 Å². The molecule has 78 valence electrons. The molecule has 0 aliphatic rings. The molecule has 0 aromatic heterocycles. The zero-order valence-electron chi connectivity index (χ0n) is 7.34. The number of alkyl halides is 2. The first-order valence-corrected chi connectivity index (χ1v) is 4.78. The minimum Gasteiger partial charge on any atom is -0.399 e. The van der Waals surface area contributed by atoms with Crippen LogP contribution in [0.25, 0.3) is 0 Å². The normalized spacial score (nSPS) is 10.9. The number of rotatable bonds is 4. The second-order valence-electron chi connectivity index (χ2n) is 2.80. The van der Waals surface area contributed by atoms with Crippen molar-refractivity contribution in [2.75, 3.05) is 12.3 Å². The maximum absolute atomic E-state index is 11.7. The van der Waals surface area contributed by atoms with Crippen LogP contribution in [0.3, 0.4) is 0 Å². The molecule has 1 aromatic carbocycles. The molecule has 0 atom stereocenters. The molecule has 0 saturated heterocycles. The lowest BCUT2D eigenvalue weighted by atomic mass is 10.2. The Morgan fingerprint density at radius 2 is 2.07 bits per heavy atom. The van der Waals surface area contributed by atoms with E-state index >= 15 is 0 Å². The minimum atomic E-state index is -2.43. The van der Waals surface area contributed by atoms with Gasteiger partial charge in [-0.05, 0) is 23.8 Å². The van der Waals surface area contributed by atoms with Crippen molar-refractivity contribution in [3.8, 4) is 0 Å². The quantitative estimate of drug-likeness (QED) is 0.850. The van der Waals surface area contributed by atoms with E-state index in [0.717, 1.165) is 10.0 Å². The highest BCUT2D eigenvalue weighted by Crippen LogP contribution is 2.17. The molecule has 0 bridgehead atoms. The van der Waals surface area contributed by atoms with Gasteiger partial charge in [0.2, 0.25) is 0 Å². The number of benzene rings is 1. The summed E-state index contributed by atoms with van der Waals surface area (Å²) in [5.74, 6) is 0. The number of anilines is 1. The standard InChI is InChI=1S/C9H10BrF2NO/c10-7-1-6(2-8(13)3-7)4-14-5-9(11)12/h1-3,9H,4-5,13H2. The molecule has 1 rings (SSSR count). The fourth-order valence-electron chi connectivity index (χ4n) is 1.02. The molecule has 0 aliphatic carbocycles. The van der Waals surface area contributed by atoms with Crippen molar-refractivity contribution in [1.29, 1.82) is 0 Å². The summed E-state index contributed by atoms with van der Waals surface area (Å²) >= 11 is 3.25. The minimum absolute atomic E-state index is 0.147. The highest BCUT2D eigenvalue weighted by atomic mass is 79.9. The third-order valence-corrected chi connectivity index (χ3v) is 1.95. The topological polar surface area (TPSA) is 35.2 Å². The third kappa shape index (κ3) is 4.02. The Morgan fingerprint density at radius 1 is 1.36 bits per heavy atom. The SMILES string of the molecule is Nc1cc(Br)cc(COCC(F)F)c1. The Kier molecular flexibility index (Phi) is 4.28. The molecule has 5 heteroatoms. The van der Waals surface area contributed by atoms with Gasteiger partial charge in [-0.25, -0.2) is 8.78 Å². The number of nitrogen functional groups attached to an aromatic ring is 1. The first-order valence-electron chi connectivity index (χ1n) is 3.99. The fraction of sp³-hybridized carbons (Fsp3) is 0.333. The molecule has 0 amide bonds. The van der Waals surface area contributed by atoms with Gasteiger partial charge in [-0.1, -0.05) is 15.9 Å². The van der Waals surface area contributed by atoms with Gasteiger partial charge in [-0.2, -0.15) is 0 Å². The summed E-state index contributed by atoms with van der Waals surface area (Å²) in [5.41, 5.74) is 6.91. The van der Waals surface area contributed by atoms with Gasteiger partial charge in [0.15, 0.2) is 0 Å². The molecule has 0 spiro atoms. The molecular formula is C9H10BrF2NO. The van der Waals surface area contributed by atoms with Crippen LogP contribution < -0.4 is 5.73 Å². The average molecular weight is 266 g/mol. The largest absolute Gasteiger partial charge is 0.399 e. The highest BCUT2D eigenvalue weighted by molar-refractivity contribution is 9.10. The van der Waals surface area contributed by atoms with Crippen LogP contribution in [-0.2, 0) is 11.3 Å². The van der Waals surface area contributed by atoms with E-state index in [1.54, 1.807) is 18.2 Å². The van der Waals surface area contributed by atoms with Crippen molar-refractivity contribution in [2.45, 2.75) is 13.0 Å². The van der Waals surface area contributed by atoms with Gasteiger partial charge in [0.1, 0.15) is 6.61 Å². The van der Waals surface area contributed by atoms with Gasteiger partial charge in [-0.15, -0.1) is 0 Å². The Balaban J connectivity index is 2.50. The third-order valence-electron chi connectivity index (χ3n) is 1.49. The molecule has 0 unspecified atom stereocenters. The second kappa shape index (κ2) is 5.26. The lowest BCUT2D eigenvalue weighted by molar-refractivity contribution is 0.00988. The van der Waals surface area contributed by atoms with Crippen LogP contribution in [0, 0.1) is 0 Å². The van der Waals surface area contributed by atoms with Crippen molar-refractivity contribution in [3.05, 3.63) is 28.2 Å². The highest BCUT2D eigenvalue weighted by Gasteiger charge is 2.03. The predicted octanol–water partition coefficient (Wildman–Crippen LogP) is 2.81. The molecular weight excluding hydrogens is 256 g/mol. The van der Waals surface area contributed by atoms with E-state index in [9.17, 15) is 8.78 Å². The van der Waals surface area contributed by atoms with Crippen molar-refractivity contribution in [2.24, 2.45) is 0 Å². The van der Waals surface area contributed by atoms with E-state index in [4.69, 9.17) is 10.5 Å². The molecule has 2 nitrogen and oxygen atoms in total. The molecule has 0 aliphatic heterocycles. The average Bonchev–Trinajstić information content (AvgIpc) is 2.01. The van der Waals surface area contributed by atoms with Gasteiger partial charge in [0.05, 0.1) is 6.61 Å². The first-order chi connectivity index (χ1) is 6.58. The van der Waals surface area contributed by atoms with Crippen molar-refractivity contribution >= 4 is 21.6 Å². The molecule has 14 heavy (non-hydrogen) atoms. The van der Waals surface area contributed by atoms with Gasteiger partial charge >= 0.3 is 0 Å². The van der Waals surface area contributed by atoms with Crippen LogP contribution in [0.5, 0.6) is 0 Å². The number of nitrogens with two attached hydrogens (primary N) is 1. The second-order valence-corrected chi connectivity index (χ2v) is 3.71. The maximum Gasteiger partial charge on any atom is 0.261 e. The van der Waals surface area contributed by atoms with E-state index in [2.05, 4.69) is 15.9 Å². The lowest BCUT2D eigenvalue weighted by Gasteiger charge is -2.05. The van der Waals surface area contributed by atoms with Gasteiger partial charge in [-0.3, -0.25) is 0 Å². The van der Waals surface area contributed by atoms with E-state index < -0.39 is 13.0 Å². The number of hydrogen-bond acceptors (Lipinski definition) is 2. The maximum atomic E-state index is 11.7. The summed E-state index contributed by atoms with van der Waals surface area (Å²) in [6.07, 6.45) is -2.43. The van der Waals surface area contributed by atoms with E-state index in [0.29, 0.717) is 5.69 Å². The van der Waals surface area contributed by atoms with E-state index in [1.165, 1.54) is 0 Å². The number of ether oxygens (including phenoxy) is 1. The smallest absolute Gasteiger partial charge is 0.261 e. The zero-order chi connectivity index (χ0) is 10.6. The molecule has 1 aromatic rings. The van der Waals surface area contributed by atoms with E-state index in [-0.39, 0.29) is 6.61 Å². The van der Waals surface area contributed by atoms with Crippen LogP contribution in [0.2, 0.25) is 0 Å². The summed E-state index contributed by atoms with van der Waals surface area (Å²) in [5, 5.41) is 0. The zero-order valence-corrected chi connectivity index (χ0v) is 8.93. The molecule has 2 N–H and O–H groups in total. The molecule has 0 heterocycles. The Hall–Kier alpha value is -0.680. The van der Waals surface area contributed by atoms with E-state index in [1.807, 2.05) is 0 Å². The van der Waals surface area contributed by atoms with Crippen LogP contribution in [-0.4, -0.2) is 13.0 Å². The monoisotopic (exact) mass is 265 g/mol. The Bertz CT molecular complexity index is 287. The lowest BCUT2D eigenvalue weighted by Crippen LogP contribution is -2.04. The molecule has 0 fully saturated rings. The summed E-state index contributed by atoms with van der Waals surface area (Å²) in [6.45, 7) is -0.402. The Morgan fingerprint density at radius 3 is 2.64 bits per heavy atom. The van der Waals surface area contributed by atoms with Gasteiger partial charge < -0.3 is 10.5 Å². The van der Waals surface area contributed by atoms with Crippen molar-refractivity contribution < 1.29 is 13.5 Å². The molecule has 0 radical (unpaired) electrons. The first kappa shape index (κ1) is 11.4. The number of halogens is 3. The van der Waals surface area contributed by atoms with Crippen LogP contribution in [0.1, 0.15) is 5.56 Å². The van der Waals surface area contributed by atoms with Gasteiger partial charge in [0.25, 0.3) is 6.43 Å². The van der Waals surface area contributed by atoms with Crippen molar-refractivity contribution in [3.63, 3.8) is 0 Å². The summed E-state index contributed by atoms with van der Waals surface area (Å²) in [6, 6.07) is 5.20. The van der Waals surface area contributed by atoms with Crippen LogP contribution >= 0.6 is 15.9 Å². The summed E-state index contributed by atoms with van der Waals surface area (Å²) in [7, 11) is 0. The number of hydrogen-bond donors (Lipinski definition) is 1. The summed E-state index contributed by atoms with van der Waals surface area (Å²) < 4.78 is 29.1. The van der Waals surface area contributed by atoms with Crippen molar-refractivity contribution in [1.82, 2.24) is 0 Å². The van der Waals surface area contributed by atoms with Crippen LogP contribution in [0.4, 0.5) is 14.5 Å². The summed E-state index contributed by atoms with van der Waals surface area (Å²) in [4.78, 5) is 0. The molecule has 0 saturated carbocycles. The predicted molar refractivity (Wildman–Crippen MR) is 54.2 cm³/mol. The Labute approximate surface area is 89.2 Å².